The number of furan rings is 1. The maximum absolute atomic E-state index is 5.93. The van der Waals surface area contributed by atoms with Crippen molar-refractivity contribution < 1.29 is 4.42 Å². The average molecular weight is 262 g/mol. The quantitative estimate of drug-likeness (QED) is 0.897. The first-order valence-electron chi connectivity index (χ1n) is 6.11. The molecule has 2 heterocycles. The fourth-order valence-corrected chi connectivity index (χ4v) is 2.41. The summed E-state index contributed by atoms with van der Waals surface area (Å²) < 4.78 is 5.26. The van der Waals surface area contributed by atoms with Crippen molar-refractivity contribution in [2.24, 2.45) is 5.73 Å². The minimum Gasteiger partial charge on any atom is -0.468 e. The Morgan fingerprint density at radius 2 is 2.22 bits per heavy atom. The Labute approximate surface area is 112 Å². The Balaban J connectivity index is 2.02. The minimum absolute atomic E-state index is 0.224. The highest BCUT2D eigenvalue weighted by molar-refractivity contribution is 7.99. The second-order valence-electron chi connectivity index (χ2n) is 4.32. The Morgan fingerprint density at radius 3 is 2.78 bits per heavy atom. The number of nitrogens with zero attached hydrogens (tertiary/aromatic N) is 1. The van der Waals surface area contributed by atoms with E-state index in [-0.39, 0.29) is 6.04 Å². The first-order valence-corrected chi connectivity index (χ1v) is 6.93. The summed E-state index contributed by atoms with van der Waals surface area (Å²) in [5.41, 5.74) is 7.12. The van der Waals surface area contributed by atoms with E-state index >= 15 is 0 Å². The largest absolute Gasteiger partial charge is 0.468 e. The molecule has 3 nitrogen and oxygen atoms in total. The molecule has 0 saturated carbocycles. The third-order valence-corrected chi connectivity index (χ3v) is 3.94. The average Bonchev–Trinajstić information content (AvgIpc) is 2.77. The first kappa shape index (κ1) is 13.2. The van der Waals surface area contributed by atoms with Crippen LogP contribution in [0.1, 0.15) is 24.7 Å². The number of hydrogen-bond acceptors (Lipinski definition) is 4. The van der Waals surface area contributed by atoms with E-state index in [2.05, 4.69) is 18.0 Å². The number of pyridine rings is 1. The summed E-state index contributed by atoms with van der Waals surface area (Å²) in [5.74, 6) is 0.930. The number of rotatable bonds is 5. The van der Waals surface area contributed by atoms with Gasteiger partial charge < -0.3 is 10.2 Å². The van der Waals surface area contributed by atoms with E-state index in [1.54, 1.807) is 18.0 Å². The van der Waals surface area contributed by atoms with Crippen LogP contribution < -0.4 is 5.73 Å². The zero-order valence-electron chi connectivity index (χ0n) is 10.7. The van der Waals surface area contributed by atoms with E-state index < -0.39 is 0 Å². The monoisotopic (exact) mass is 262 g/mol. The van der Waals surface area contributed by atoms with Crippen LogP contribution in [0.25, 0.3) is 0 Å². The molecule has 2 N–H and O–H groups in total. The molecular formula is C14H18N2OS. The van der Waals surface area contributed by atoms with Crippen LogP contribution in [0.15, 0.2) is 45.0 Å². The van der Waals surface area contributed by atoms with Gasteiger partial charge in [0.25, 0.3) is 0 Å². The van der Waals surface area contributed by atoms with Crippen LogP contribution in [0.5, 0.6) is 0 Å². The lowest BCUT2D eigenvalue weighted by molar-refractivity contribution is 0.527. The zero-order chi connectivity index (χ0) is 13.0. The molecule has 1 atom stereocenters. The number of aromatic nitrogens is 1. The normalized spacial score (nSPS) is 12.6. The predicted octanol–water partition coefficient (Wildman–Crippen LogP) is 3.41. The summed E-state index contributed by atoms with van der Waals surface area (Å²) in [5, 5.41) is 0.980. The maximum atomic E-state index is 5.93. The molecule has 0 radical (unpaired) electrons. The van der Waals surface area contributed by atoms with Crippen molar-refractivity contribution >= 4 is 11.8 Å². The van der Waals surface area contributed by atoms with Gasteiger partial charge in [-0.25, -0.2) is 4.98 Å². The van der Waals surface area contributed by atoms with E-state index in [4.69, 9.17) is 10.2 Å². The van der Waals surface area contributed by atoms with Crippen LogP contribution >= 0.6 is 11.8 Å². The van der Waals surface area contributed by atoms with Gasteiger partial charge in [-0.15, -0.1) is 0 Å². The summed E-state index contributed by atoms with van der Waals surface area (Å²) in [7, 11) is 0. The summed E-state index contributed by atoms with van der Waals surface area (Å²) in [6, 6.07) is 6.32. The highest BCUT2D eigenvalue weighted by Crippen LogP contribution is 2.29. The molecule has 4 heteroatoms. The van der Waals surface area contributed by atoms with E-state index in [9.17, 15) is 0 Å². The van der Waals surface area contributed by atoms with Crippen molar-refractivity contribution in [2.45, 2.75) is 42.7 Å². The van der Waals surface area contributed by atoms with Crippen molar-refractivity contribution in [3.63, 3.8) is 0 Å². The molecule has 96 valence electrons. The Morgan fingerprint density at radius 1 is 1.39 bits per heavy atom. The van der Waals surface area contributed by atoms with Gasteiger partial charge in [0.05, 0.1) is 11.2 Å². The lowest BCUT2D eigenvalue weighted by Crippen LogP contribution is -2.21. The van der Waals surface area contributed by atoms with Crippen LogP contribution in [-0.2, 0) is 6.42 Å². The molecule has 0 aliphatic heterocycles. The fourth-order valence-electron chi connectivity index (χ4n) is 1.63. The van der Waals surface area contributed by atoms with Crippen molar-refractivity contribution in [3.05, 3.63) is 42.0 Å². The Bertz CT molecular complexity index is 493. The van der Waals surface area contributed by atoms with E-state index in [1.165, 1.54) is 5.56 Å². The molecule has 0 amide bonds. The van der Waals surface area contributed by atoms with Gasteiger partial charge in [-0.1, -0.05) is 24.8 Å². The molecule has 2 rings (SSSR count). The molecule has 0 aliphatic rings. The lowest BCUT2D eigenvalue weighted by Gasteiger charge is -2.08. The van der Waals surface area contributed by atoms with Crippen LogP contribution in [0.4, 0.5) is 0 Å². The van der Waals surface area contributed by atoms with Crippen molar-refractivity contribution in [1.82, 2.24) is 4.98 Å². The molecule has 0 aromatic carbocycles. The van der Waals surface area contributed by atoms with E-state index in [1.807, 2.05) is 25.3 Å². The molecule has 0 fully saturated rings. The Kier molecular flexibility index (Phi) is 4.44. The number of hydrogen-bond donors (Lipinski definition) is 1. The third kappa shape index (κ3) is 3.37. The second-order valence-corrected chi connectivity index (χ2v) is 5.38. The molecule has 2 aromatic heterocycles. The smallest absolute Gasteiger partial charge is 0.114 e. The van der Waals surface area contributed by atoms with Crippen LogP contribution in [0, 0.1) is 6.92 Å². The van der Waals surface area contributed by atoms with Gasteiger partial charge in [0, 0.05) is 12.2 Å². The van der Waals surface area contributed by atoms with Gasteiger partial charge in [0.15, 0.2) is 0 Å². The molecule has 0 aliphatic carbocycles. The van der Waals surface area contributed by atoms with Gasteiger partial charge in [-0.2, -0.15) is 0 Å². The van der Waals surface area contributed by atoms with E-state index in [0.717, 1.165) is 28.5 Å². The minimum atomic E-state index is 0.224. The summed E-state index contributed by atoms with van der Waals surface area (Å²) in [4.78, 5) is 5.56. The van der Waals surface area contributed by atoms with Gasteiger partial charge in [-0.05, 0) is 37.5 Å². The van der Waals surface area contributed by atoms with Crippen LogP contribution in [-0.4, -0.2) is 11.0 Å². The molecule has 0 bridgehead atoms. The molecule has 0 saturated heterocycles. The van der Waals surface area contributed by atoms with Gasteiger partial charge in [-0.3, -0.25) is 0 Å². The zero-order valence-corrected chi connectivity index (χ0v) is 11.5. The number of nitrogens with two attached hydrogens (primary N) is 1. The Hall–Kier alpha value is -1.26. The predicted molar refractivity (Wildman–Crippen MR) is 73.8 cm³/mol. The molecular weight excluding hydrogens is 244 g/mol. The summed E-state index contributed by atoms with van der Waals surface area (Å²) in [6.07, 6.45) is 5.49. The lowest BCUT2D eigenvalue weighted by atomic mass is 10.1. The second kappa shape index (κ2) is 6.07. The standard InChI is InChI=1S/C14H18N2OS/c1-3-12(15)8-11-4-5-14(16-9-11)18-13-6-7-17-10(13)2/h4-7,9,12H,3,8,15H2,1-2H3. The molecule has 0 spiro atoms. The third-order valence-electron chi connectivity index (χ3n) is 2.85. The fraction of sp³-hybridized carbons (Fsp3) is 0.357. The SMILES string of the molecule is CCC(N)Cc1ccc(Sc2ccoc2C)nc1. The summed E-state index contributed by atoms with van der Waals surface area (Å²) >= 11 is 1.62. The summed E-state index contributed by atoms with van der Waals surface area (Å²) in [6.45, 7) is 4.06. The highest BCUT2D eigenvalue weighted by atomic mass is 32.2. The topological polar surface area (TPSA) is 52.0 Å². The molecule has 1 unspecified atom stereocenters. The molecule has 18 heavy (non-hydrogen) atoms. The first-order chi connectivity index (χ1) is 8.69. The van der Waals surface area contributed by atoms with Crippen LogP contribution in [0.2, 0.25) is 0 Å². The maximum Gasteiger partial charge on any atom is 0.114 e. The van der Waals surface area contributed by atoms with Crippen LogP contribution in [0.3, 0.4) is 0 Å². The van der Waals surface area contributed by atoms with Crippen molar-refractivity contribution in [3.8, 4) is 0 Å². The molecule has 2 aromatic rings. The van der Waals surface area contributed by atoms with Crippen molar-refractivity contribution in [2.75, 3.05) is 0 Å². The van der Waals surface area contributed by atoms with E-state index in [0.29, 0.717) is 0 Å². The number of aryl methyl sites for hydroxylation is 1. The van der Waals surface area contributed by atoms with Gasteiger partial charge in [0.1, 0.15) is 10.8 Å². The van der Waals surface area contributed by atoms with Gasteiger partial charge in [0.2, 0.25) is 0 Å². The van der Waals surface area contributed by atoms with Gasteiger partial charge >= 0.3 is 0 Å². The van der Waals surface area contributed by atoms with Crippen molar-refractivity contribution in [1.29, 1.82) is 0 Å². The highest BCUT2D eigenvalue weighted by Gasteiger charge is 2.06.